The van der Waals surface area contributed by atoms with Gasteiger partial charge in [-0.15, -0.1) is 0 Å². The van der Waals surface area contributed by atoms with E-state index in [4.69, 9.17) is 16.3 Å². The van der Waals surface area contributed by atoms with Crippen LogP contribution >= 0.6 is 11.6 Å². The molecular weight excluding hydrogens is 242 g/mol. The maximum Gasteiger partial charge on any atom is 0.321 e. The van der Waals surface area contributed by atoms with Gasteiger partial charge in [0.05, 0.1) is 6.61 Å². The second-order valence-corrected chi connectivity index (χ2v) is 3.51. The minimum Gasteiger partial charge on any atom is -0.464 e. The molecule has 17 heavy (non-hydrogen) atoms. The fraction of sp³-hybridized carbons (Fsp3) is 0.400. The lowest BCUT2D eigenvalue weighted by molar-refractivity contribution is 0.311. The van der Waals surface area contributed by atoms with Crippen LogP contribution in [0.4, 0.5) is 0 Å². The monoisotopic (exact) mass is 253 g/mol. The predicted octanol–water partition coefficient (Wildman–Crippen LogP) is 1.81. The maximum atomic E-state index is 5.83. The van der Waals surface area contributed by atoms with Gasteiger partial charge in [0.1, 0.15) is 5.69 Å². The topological polar surface area (TPSA) is 65.7 Å². The number of rotatable bonds is 4. The normalized spacial score (nSPS) is 10.5. The fourth-order valence-electron chi connectivity index (χ4n) is 1.41. The molecule has 2 rings (SSSR count). The molecule has 90 valence electrons. The molecule has 0 amide bonds. The van der Waals surface area contributed by atoms with Crippen LogP contribution in [-0.2, 0) is 6.54 Å². The molecule has 0 saturated carbocycles. The zero-order valence-electron chi connectivity index (χ0n) is 9.59. The van der Waals surface area contributed by atoms with E-state index in [-0.39, 0.29) is 11.3 Å². The fourth-order valence-corrected chi connectivity index (χ4v) is 1.57. The van der Waals surface area contributed by atoms with Crippen LogP contribution in [0.25, 0.3) is 11.5 Å². The molecule has 0 radical (unpaired) electrons. The lowest BCUT2D eigenvalue weighted by Gasteiger charge is -2.05. The number of halogens is 1. The first-order chi connectivity index (χ1) is 8.24. The Morgan fingerprint density at radius 2 is 2.12 bits per heavy atom. The van der Waals surface area contributed by atoms with Crippen LogP contribution in [0.5, 0.6) is 6.01 Å². The lowest BCUT2D eigenvalue weighted by Crippen LogP contribution is -2.05. The lowest BCUT2D eigenvalue weighted by atomic mass is 10.4. The van der Waals surface area contributed by atoms with E-state index in [1.807, 2.05) is 19.9 Å². The van der Waals surface area contributed by atoms with Crippen molar-refractivity contribution in [2.24, 2.45) is 0 Å². The largest absolute Gasteiger partial charge is 0.464 e. The average molecular weight is 254 g/mol. The first-order valence-corrected chi connectivity index (χ1v) is 5.69. The highest BCUT2D eigenvalue weighted by Gasteiger charge is 2.11. The number of hydrogen-bond donors (Lipinski definition) is 0. The van der Waals surface area contributed by atoms with Crippen molar-refractivity contribution in [1.29, 1.82) is 0 Å². The number of aromatic nitrogens is 5. The van der Waals surface area contributed by atoms with E-state index in [2.05, 4.69) is 20.1 Å². The summed E-state index contributed by atoms with van der Waals surface area (Å²) in [6, 6.07) is 2.05. The average Bonchev–Trinajstić information content (AvgIpc) is 2.76. The summed E-state index contributed by atoms with van der Waals surface area (Å²) in [5, 5.41) is 4.26. The van der Waals surface area contributed by atoms with Crippen molar-refractivity contribution < 1.29 is 4.74 Å². The van der Waals surface area contributed by atoms with Gasteiger partial charge in [0.15, 0.2) is 5.82 Å². The Morgan fingerprint density at radius 3 is 2.82 bits per heavy atom. The van der Waals surface area contributed by atoms with Gasteiger partial charge in [-0.05, 0) is 31.5 Å². The number of nitrogens with zero attached hydrogens (tertiary/aromatic N) is 5. The van der Waals surface area contributed by atoms with Crippen molar-refractivity contribution in [2.45, 2.75) is 20.4 Å². The maximum absolute atomic E-state index is 5.83. The summed E-state index contributed by atoms with van der Waals surface area (Å²) in [6.45, 7) is 5.05. The van der Waals surface area contributed by atoms with Gasteiger partial charge in [-0.25, -0.2) is 0 Å². The minimum atomic E-state index is 0.113. The molecule has 0 fully saturated rings. The molecule has 0 aliphatic rings. The molecule has 7 heteroatoms. The van der Waals surface area contributed by atoms with E-state index in [0.717, 1.165) is 12.2 Å². The number of ether oxygens (including phenoxy) is 1. The number of hydrogen-bond acceptors (Lipinski definition) is 5. The summed E-state index contributed by atoms with van der Waals surface area (Å²) in [4.78, 5) is 12.1. The van der Waals surface area contributed by atoms with Crippen molar-refractivity contribution in [3.63, 3.8) is 0 Å². The van der Waals surface area contributed by atoms with E-state index >= 15 is 0 Å². The standard InChI is InChI=1S/C10H12ClN5O/c1-3-16-7(5-6-12-16)8-13-9(11)15-10(14-8)17-4-2/h5-6H,3-4H2,1-2H3. The van der Waals surface area contributed by atoms with Gasteiger partial charge in [-0.1, -0.05) is 0 Å². The summed E-state index contributed by atoms with van der Waals surface area (Å²) in [5.74, 6) is 0.466. The summed E-state index contributed by atoms with van der Waals surface area (Å²) < 4.78 is 7.00. The quantitative estimate of drug-likeness (QED) is 0.831. The van der Waals surface area contributed by atoms with E-state index in [1.54, 1.807) is 10.9 Å². The predicted molar refractivity (Wildman–Crippen MR) is 62.9 cm³/mol. The Bertz CT molecular complexity index is 513. The highest BCUT2D eigenvalue weighted by molar-refractivity contribution is 6.28. The third-order valence-electron chi connectivity index (χ3n) is 2.11. The summed E-state index contributed by atoms with van der Waals surface area (Å²) in [6.07, 6.45) is 1.69. The van der Waals surface area contributed by atoms with Gasteiger partial charge < -0.3 is 4.74 Å². The third kappa shape index (κ3) is 2.52. The van der Waals surface area contributed by atoms with Crippen LogP contribution in [0.15, 0.2) is 12.3 Å². The Kier molecular flexibility index (Phi) is 3.53. The Morgan fingerprint density at radius 1 is 1.29 bits per heavy atom. The zero-order valence-corrected chi connectivity index (χ0v) is 10.3. The van der Waals surface area contributed by atoms with E-state index in [1.165, 1.54) is 0 Å². The van der Waals surface area contributed by atoms with Crippen LogP contribution in [-0.4, -0.2) is 31.3 Å². The van der Waals surface area contributed by atoms with Gasteiger partial charge in [0.2, 0.25) is 5.28 Å². The van der Waals surface area contributed by atoms with Crippen LogP contribution < -0.4 is 4.74 Å². The molecule has 0 bridgehead atoms. The van der Waals surface area contributed by atoms with E-state index < -0.39 is 0 Å². The minimum absolute atomic E-state index is 0.113. The van der Waals surface area contributed by atoms with Crippen LogP contribution in [0.1, 0.15) is 13.8 Å². The Balaban J connectivity index is 2.44. The number of aryl methyl sites for hydroxylation is 1. The molecule has 0 unspecified atom stereocenters. The van der Waals surface area contributed by atoms with E-state index in [0.29, 0.717) is 12.4 Å². The second kappa shape index (κ2) is 5.09. The third-order valence-corrected chi connectivity index (χ3v) is 2.28. The van der Waals surface area contributed by atoms with E-state index in [9.17, 15) is 0 Å². The van der Waals surface area contributed by atoms with Gasteiger partial charge in [-0.3, -0.25) is 4.68 Å². The second-order valence-electron chi connectivity index (χ2n) is 3.18. The molecule has 2 aromatic heterocycles. The smallest absolute Gasteiger partial charge is 0.321 e. The molecule has 2 aromatic rings. The molecular formula is C10H12ClN5O. The summed E-state index contributed by atoms with van der Waals surface area (Å²) >= 11 is 5.83. The van der Waals surface area contributed by atoms with Crippen molar-refractivity contribution >= 4 is 11.6 Å². The van der Waals surface area contributed by atoms with Crippen molar-refractivity contribution in [3.05, 3.63) is 17.5 Å². The van der Waals surface area contributed by atoms with Gasteiger partial charge in [0.25, 0.3) is 0 Å². The molecule has 0 N–H and O–H groups in total. The van der Waals surface area contributed by atoms with Crippen LogP contribution in [0.3, 0.4) is 0 Å². The van der Waals surface area contributed by atoms with Gasteiger partial charge in [0, 0.05) is 12.7 Å². The highest BCUT2D eigenvalue weighted by Crippen LogP contribution is 2.18. The molecule has 6 nitrogen and oxygen atoms in total. The molecule has 0 aromatic carbocycles. The molecule has 0 aliphatic heterocycles. The van der Waals surface area contributed by atoms with Gasteiger partial charge in [-0.2, -0.15) is 20.1 Å². The van der Waals surface area contributed by atoms with Crippen LogP contribution in [0, 0.1) is 0 Å². The zero-order chi connectivity index (χ0) is 12.3. The van der Waals surface area contributed by atoms with Gasteiger partial charge >= 0.3 is 6.01 Å². The molecule has 0 spiro atoms. The SMILES string of the molecule is CCOc1nc(Cl)nc(-c2ccnn2CC)n1. The summed E-state index contributed by atoms with van der Waals surface area (Å²) in [5.41, 5.74) is 0.790. The molecule has 2 heterocycles. The Labute approximate surface area is 104 Å². The first kappa shape index (κ1) is 11.8. The highest BCUT2D eigenvalue weighted by atomic mass is 35.5. The molecule has 0 aliphatic carbocycles. The van der Waals surface area contributed by atoms with Crippen molar-refractivity contribution in [2.75, 3.05) is 6.61 Å². The van der Waals surface area contributed by atoms with Crippen molar-refractivity contribution in [3.8, 4) is 17.5 Å². The molecule has 0 saturated heterocycles. The van der Waals surface area contributed by atoms with Crippen molar-refractivity contribution in [1.82, 2.24) is 24.7 Å². The Hall–Kier alpha value is -1.69. The summed E-state index contributed by atoms with van der Waals surface area (Å²) in [7, 11) is 0. The first-order valence-electron chi connectivity index (χ1n) is 5.31. The molecule has 0 atom stereocenters. The van der Waals surface area contributed by atoms with Crippen LogP contribution in [0.2, 0.25) is 5.28 Å².